The van der Waals surface area contributed by atoms with Crippen LogP contribution < -0.4 is 5.32 Å². The zero-order valence-electron chi connectivity index (χ0n) is 10.0. The van der Waals surface area contributed by atoms with Gasteiger partial charge in [0, 0.05) is 24.5 Å². The van der Waals surface area contributed by atoms with Crippen LogP contribution in [-0.2, 0) is 0 Å². The number of hydrogen-bond donors (Lipinski definition) is 1. The van der Waals surface area contributed by atoms with Crippen molar-refractivity contribution in [1.82, 2.24) is 9.27 Å². The molecule has 1 aliphatic carbocycles. The Morgan fingerprint density at radius 3 is 3.06 bits per heavy atom. The highest BCUT2D eigenvalue weighted by atomic mass is 32.1. The molecule has 1 saturated carbocycles. The van der Waals surface area contributed by atoms with Crippen LogP contribution in [0.2, 0.25) is 0 Å². The van der Waals surface area contributed by atoms with Crippen LogP contribution >= 0.6 is 11.5 Å². The maximum atomic E-state index is 4.43. The molecule has 1 heterocycles. The molecule has 90 valence electrons. The van der Waals surface area contributed by atoms with E-state index in [1.165, 1.54) is 23.2 Å². The van der Waals surface area contributed by atoms with Gasteiger partial charge in [-0.1, -0.05) is 12.1 Å². The number of aromatic nitrogens is 1. The molecule has 0 saturated heterocycles. The third-order valence-electron chi connectivity index (χ3n) is 3.30. The van der Waals surface area contributed by atoms with Gasteiger partial charge in [0.25, 0.3) is 0 Å². The van der Waals surface area contributed by atoms with Crippen molar-refractivity contribution in [1.29, 1.82) is 0 Å². The molecule has 1 aliphatic rings. The maximum absolute atomic E-state index is 4.43. The van der Waals surface area contributed by atoms with Gasteiger partial charge in [-0.25, -0.2) is 0 Å². The minimum Gasteiger partial charge on any atom is -0.374 e. The number of anilines is 1. The average Bonchev–Trinajstić information content (AvgIpc) is 3.12. The average molecular weight is 247 g/mol. The molecule has 0 amide bonds. The van der Waals surface area contributed by atoms with Crippen molar-refractivity contribution in [2.24, 2.45) is 0 Å². The second-order valence-corrected chi connectivity index (χ2v) is 5.44. The highest BCUT2D eigenvalue weighted by Crippen LogP contribution is 2.27. The molecule has 1 aromatic carbocycles. The number of nitrogens with one attached hydrogen (secondary N) is 1. The first-order valence-electron chi connectivity index (χ1n) is 6.13. The Kier molecular flexibility index (Phi) is 2.99. The van der Waals surface area contributed by atoms with E-state index in [9.17, 15) is 0 Å². The van der Waals surface area contributed by atoms with Gasteiger partial charge in [-0.15, -0.1) is 0 Å². The van der Waals surface area contributed by atoms with Crippen LogP contribution in [0.25, 0.3) is 10.9 Å². The minimum absolute atomic E-state index is 0.843. The highest BCUT2D eigenvalue weighted by molar-refractivity contribution is 7.11. The maximum Gasteiger partial charge on any atom is 0.117 e. The minimum atomic E-state index is 0.843. The molecule has 4 heteroatoms. The summed E-state index contributed by atoms with van der Waals surface area (Å²) in [7, 11) is 2.21. The zero-order chi connectivity index (χ0) is 11.7. The van der Waals surface area contributed by atoms with Crippen LogP contribution in [0.4, 0.5) is 5.00 Å². The quantitative estimate of drug-likeness (QED) is 0.880. The Morgan fingerprint density at radius 1 is 1.41 bits per heavy atom. The topological polar surface area (TPSA) is 28.2 Å². The number of fused-ring (bicyclic) bond motifs is 1. The molecule has 0 spiro atoms. The van der Waals surface area contributed by atoms with Crippen molar-refractivity contribution >= 4 is 27.4 Å². The van der Waals surface area contributed by atoms with Gasteiger partial charge < -0.3 is 10.2 Å². The molecular formula is C13H17N3S. The van der Waals surface area contributed by atoms with E-state index in [1.807, 2.05) is 6.07 Å². The first-order chi connectivity index (χ1) is 8.34. The highest BCUT2D eigenvalue weighted by Gasteiger charge is 2.25. The normalized spacial score (nSPS) is 15.6. The van der Waals surface area contributed by atoms with Gasteiger partial charge in [-0.2, -0.15) is 4.37 Å². The predicted octanol–water partition coefficient (Wildman–Crippen LogP) is 2.80. The molecule has 0 radical (unpaired) electrons. The fourth-order valence-corrected chi connectivity index (χ4v) is 2.85. The Bertz CT molecular complexity index is 504. The van der Waals surface area contributed by atoms with Crippen LogP contribution in [0.1, 0.15) is 12.8 Å². The molecule has 0 unspecified atom stereocenters. The summed E-state index contributed by atoms with van der Waals surface area (Å²) in [5.41, 5.74) is 1.09. The molecule has 0 bridgehead atoms. The van der Waals surface area contributed by atoms with Crippen LogP contribution in [0.3, 0.4) is 0 Å². The van der Waals surface area contributed by atoms with Crippen LogP contribution in [0, 0.1) is 0 Å². The standard InChI is InChI=1S/C13H17N3S/c1-16(10-6-7-10)9-8-14-13-11-4-2-3-5-12(11)15-17-13/h2-5,10,14H,6-9H2,1H3. The van der Waals surface area contributed by atoms with Crippen LogP contribution in [0.5, 0.6) is 0 Å². The fourth-order valence-electron chi connectivity index (χ4n) is 2.06. The summed E-state index contributed by atoms with van der Waals surface area (Å²) < 4.78 is 4.43. The fraction of sp³-hybridized carbons (Fsp3) is 0.462. The number of hydrogen-bond acceptors (Lipinski definition) is 4. The summed E-state index contributed by atoms with van der Waals surface area (Å²) in [4.78, 5) is 2.44. The van der Waals surface area contributed by atoms with Crippen molar-refractivity contribution in [2.45, 2.75) is 18.9 Å². The summed E-state index contributed by atoms with van der Waals surface area (Å²) >= 11 is 1.56. The Hall–Kier alpha value is -1.13. The lowest BCUT2D eigenvalue weighted by atomic mass is 10.2. The van der Waals surface area contributed by atoms with E-state index in [4.69, 9.17) is 0 Å². The Labute approximate surface area is 106 Å². The van der Waals surface area contributed by atoms with E-state index >= 15 is 0 Å². The summed E-state index contributed by atoms with van der Waals surface area (Å²) in [5.74, 6) is 0. The summed E-state index contributed by atoms with van der Waals surface area (Å²) in [5, 5.41) is 5.94. The molecule has 1 aromatic heterocycles. The van der Waals surface area contributed by atoms with Crippen molar-refractivity contribution in [3.05, 3.63) is 24.3 Å². The van der Waals surface area contributed by atoms with E-state index in [0.717, 1.165) is 24.6 Å². The third kappa shape index (κ3) is 2.42. The first kappa shape index (κ1) is 11.0. The van der Waals surface area contributed by atoms with Gasteiger partial charge in [-0.05, 0) is 43.6 Å². The van der Waals surface area contributed by atoms with Crippen molar-refractivity contribution < 1.29 is 0 Å². The monoisotopic (exact) mass is 247 g/mol. The van der Waals surface area contributed by atoms with E-state index in [1.54, 1.807) is 11.5 Å². The third-order valence-corrected chi connectivity index (χ3v) is 4.14. The van der Waals surface area contributed by atoms with E-state index in [-0.39, 0.29) is 0 Å². The van der Waals surface area contributed by atoms with Crippen LogP contribution in [0.15, 0.2) is 24.3 Å². The summed E-state index contributed by atoms with van der Waals surface area (Å²) in [6.45, 7) is 2.11. The second kappa shape index (κ2) is 4.63. The molecule has 17 heavy (non-hydrogen) atoms. The number of benzene rings is 1. The first-order valence-corrected chi connectivity index (χ1v) is 6.90. The van der Waals surface area contributed by atoms with Crippen LogP contribution in [-0.4, -0.2) is 35.5 Å². The lowest BCUT2D eigenvalue weighted by molar-refractivity contribution is 0.337. The molecule has 3 nitrogen and oxygen atoms in total. The van der Waals surface area contributed by atoms with Gasteiger partial charge in [0.1, 0.15) is 5.00 Å². The molecule has 3 rings (SSSR count). The Balaban J connectivity index is 1.60. The number of rotatable bonds is 5. The van der Waals surface area contributed by atoms with Crippen molar-refractivity contribution in [3.63, 3.8) is 0 Å². The van der Waals surface area contributed by atoms with Crippen molar-refractivity contribution in [3.8, 4) is 0 Å². The van der Waals surface area contributed by atoms with Gasteiger partial charge in [0.15, 0.2) is 0 Å². The van der Waals surface area contributed by atoms with Gasteiger partial charge in [-0.3, -0.25) is 0 Å². The summed E-state index contributed by atoms with van der Waals surface area (Å²) in [6, 6.07) is 9.14. The lowest BCUT2D eigenvalue weighted by Gasteiger charge is -2.15. The smallest absolute Gasteiger partial charge is 0.117 e. The zero-order valence-corrected chi connectivity index (χ0v) is 10.8. The SMILES string of the molecule is CN(CCNc1snc2ccccc12)C1CC1. The predicted molar refractivity (Wildman–Crippen MR) is 73.8 cm³/mol. The van der Waals surface area contributed by atoms with Gasteiger partial charge >= 0.3 is 0 Å². The molecule has 1 N–H and O–H groups in total. The number of likely N-dealkylation sites (N-methyl/N-ethyl adjacent to an activating group) is 1. The molecule has 0 atom stereocenters. The molecular weight excluding hydrogens is 230 g/mol. The lowest BCUT2D eigenvalue weighted by Crippen LogP contribution is -2.26. The van der Waals surface area contributed by atoms with E-state index in [2.05, 4.69) is 39.8 Å². The molecule has 1 fully saturated rings. The second-order valence-electron chi connectivity index (χ2n) is 4.67. The Morgan fingerprint density at radius 2 is 2.24 bits per heavy atom. The number of nitrogens with zero attached hydrogens (tertiary/aromatic N) is 2. The van der Waals surface area contributed by atoms with E-state index < -0.39 is 0 Å². The van der Waals surface area contributed by atoms with Gasteiger partial charge in [0.05, 0.1) is 5.52 Å². The molecule has 0 aliphatic heterocycles. The van der Waals surface area contributed by atoms with Crippen molar-refractivity contribution in [2.75, 3.05) is 25.5 Å². The molecule has 2 aromatic rings. The largest absolute Gasteiger partial charge is 0.374 e. The van der Waals surface area contributed by atoms with E-state index in [0.29, 0.717) is 0 Å². The summed E-state index contributed by atoms with van der Waals surface area (Å²) in [6.07, 6.45) is 2.75. The van der Waals surface area contributed by atoms with Gasteiger partial charge in [0.2, 0.25) is 0 Å².